The molecule has 0 saturated heterocycles. The third-order valence-electron chi connectivity index (χ3n) is 3.07. The third-order valence-corrected chi connectivity index (χ3v) is 3.93. The van der Waals surface area contributed by atoms with Crippen LogP contribution < -0.4 is 5.73 Å². The highest BCUT2D eigenvalue weighted by atomic mass is 32.2. The molecule has 0 aliphatic rings. The van der Waals surface area contributed by atoms with Crippen LogP contribution in [0.3, 0.4) is 0 Å². The summed E-state index contributed by atoms with van der Waals surface area (Å²) in [6.45, 7) is 0. The van der Waals surface area contributed by atoms with Crippen LogP contribution in [0.1, 0.15) is 0 Å². The summed E-state index contributed by atoms with van der Waals surface area (Å²) in [5.74, 6) is 0. The molecule has 8 heteroatoms. The molecule has 0 fully saturated rings. The van der Waals surface area contributed by atoms with Crippen LogP contribution in [0, 0.1) is 0 Å². The van der Waals surface area contributed by atoms with Crippen molar-refractivity contribution in [1.82, 2.24) is 19.7 Å². The second kappa shape index (κ2) is 4.52. The van der Waals surface area contributed by atoms with Crippen LogP contribution in [0.4, 0.5) is 5.69 Å². The van der Waals surface area contributed by atoms with E-state index in [-0.39, 0.29) is 5.16 Å². The Morgan fingerprint density at radius 2 is 1.86 bits per heavy atom. The predicted octanol–water partition coefficient (Wildman–Crippen LogP) is 1.02. The molecular weight excluding hydrogens is 290 g/mol. The van der Waals surface area contributed by atoms with E-state index in [2.05, 4.69) is 15.1 Å². The molecule has 0 atom stereocenters. The van der Waals surface area contributed by atoms with Gasteiger partial charge >= 0.3 is 0 Å². The zero-order valence-electron chi connectivity index (χ0n) is 11.5. The highest BCUT2D eigenvalue weighted by Crippen LogP contribution is 2.27. The number of nitrogens with zero attached hydrogens (tertiary/aromatic N) is 4. The van der Waals surface area contributed by atoms with Crippen molar-refractivity contribution in [1.29, 1.82) is 0 Å². The van der Waals surface area contributed by atoms with E-state index in [9.17, 15) is 8.42 Å². The van der Waals surface area contributed by atoms with E-state index in [4.69, 9.17) is 5.73 Å². The minimum absolute atomic E-state index is 0.207. The largest absolute Gasteiger partial charge is 0.399 e. The lowest BCUT2D eigenvalue weighted by Gasteiger charge is -1.99. The number of anilines is 1. The Kier molecular flexibility index (Phi) is 2.91. The molecule has 108 valence electrons. The molecule has 2 N–H and O–H groups in total. The monoisotopic (exact) mass is 303 g/mol. The van der Waals surface area contributed by atoms with Crippen LogP contribution in [-0.2, 0) is 16.9 Å². The van der Waals surface area contributed by atoms with Gasteiger partial charge in [-0.15, -0.1) is 0 Å². The van der Waals surface area contributed by atoms with Crippen molar-refractivity contribution in [2.24, 2.45) is 7.05 Å². The van der Waals surface area contributed by atoms with E-state index < -0.39 is 9.84 Å². The lowest BCUT2D eigenvalue weighted by molar-refractivity contribution is 0.593. The summed E-state index contributed by atoms with van der Waals surface area (Å²) in [6.07, 6.45) is 2.56. The minimum atomic E-state index is -3.45. The fourth-order valence-electron chi connectivity index (χ4n) is 2.06. The topological polar surface area (TPSA) is 104 Å². The van der Waals surface area contributed by atoms with Gasteiger partial charge in [-0.25, -0.2) is 18.1 Å². The van der Waals surface area contributed by atoms with Gasteiger partial charge in [0.15, 0.2) is 5.65 Å². The predicted molar refractivity (Wildman–Crippen MR) is 79.3 cm³/mol. The van der Waals surface area contributed by atoms with Gasteiger partial charge in [0.05, 0.1) is 5.39 Å². The second-order valence-corrected chi connectivity index (χ2v) is 6.67. The van der Waals surface area contributed by atoms with Crippen molar-refractivity contribution < 1.29 is 8.42 Å². The van der Waals surface area contributed by atoms with Gasteiger partial charge in [0.2, 0.25) is 15.0 Å². The molecule has 0 amide bonds. The van der Waals surface area contributed by atoms with Gasteiger partial charge in [0, 0.05) is 30.8 Å². The maximum absolute atomic E-state index is 11.5. The van der Waals surface area contributed by atoms with Gasteiger partial charge in [0.1, 0.15) is 5.69 Å². The van der Waals surface area contributed by atoms with Crippen LogP contribution in [-0.4, -0.2) is 34.4 Å². The number of aryl methyl sites for hydroxylation is 1. The van der Waals surface area contributed by atoms with E-state index in [1.807, 2.05) is 12.1 Å². The number of hydrogen-bond acceptors (Lipinski definition) is 6. The first-order chi connectivity index (χ1) is 9.86. The summed E-state index contributed by atoms with van der Waals surface area (Å²) in [7, 11) is -1.74. The minimum Gasteiger partial charge on any atom is -0.399 e. The Bertz CT molecular complexity index is 929. The van der Waals surface area contributed by atoms with Gasteiger partial charge < -0.3 is 5.73 Å². The van der Waals surface area contributed by atoms with E-state index in [1.54, 1.807) is 19.2 Å². The van der Waals surface area contributed by atoms with Crippen LogP contribution in [0.25, 0.3) is 22.3 Å². The third kappa shape index (κ3) is 2.33. The summed E-state index contributed by atoms with van der Waals surface area (Å²) in [5.41, 5.74) is 8.36. The zero-order chi connectivity index (χ0) is 15.2. The van der Waals surface area contributed by atoms with Crippen molar-refractivity contribution in [3.05, 3.63) is 30.5 Å². The summed E-state index contributed by atoms with van der Waals surface area (Å²) in [4.78, 5) is 8.00. The molecule has 0 unspecified atom stereocenters. The number of hydrogen-bond donors (Lipinski definition) is 1. The number of aromatic nitrogens is 4. The Morgan fingerprint density at radius 3 is 2.48 bits per heavy atom. The van der Waals surface area contributed by atoms with Crippen LogP contribution in [0.15, 0.2) is 35.6 Å². The summed E-state index contributed by atoms with van der Waals surface area (Å²) in [6, 6.07) is 7.26. The molecule has 3 aromatic rings. The number of rotatable bonds is 2. The van der Waals surface area contributed by atoms with Crippen molar-refractivity contribution in [3.8, 4) is 11.3 Å². The fourth-order valence-corrected chi connectivity index (χ4v) is 2.55. The molecule has 0 radical (unpaired) electrons. The number of fused-ring (bicyclic) bond motifs is 1. The molecule has 2 heterocycles. The van der Waals surface area contributed by atoms with E-state index in [1.165, 1.54) is 10.9 Å². The van der Waals surface area contributed by atoms with Crippen LogP contribution in [0.2, 0.25) is 0 Å². The molecule has 1 aromatic carbocycles. The second-order valence-electron chi connectivity index (χ2n) is 4.76. The fraction of sp³-hybridized carbons (Fsp3) is 0.154. The first-order valence-corrected chi connectivity index (χ1v) is 8.01. The van der Waals surface area contributed by atoms with Crippen molar-refractivity contribution in [2.45, 2.75) is 5.16 Å². The SMILES string of the molecule is Cn1nc(-c2ccc(N)cc2)c2cnc(S(C)(=O)=O)nc21. The normalized spacial score (nSPS) is 11.9. The molecule has 0 aliphatic carbocycles. The van der Waals surface area contributed by atoms with Gasteiger partial charge in [-0.3, -0.25) is 0 Å². The Labute approximate surface area is 121 Å². The van der Waals surface area contributed by atoms with E-state index in [0.29, 0.717) is 22.4 Å². The van der Waals surface area contributed by atoms with Crippen molar-refractivity contribution >= 4 is 26.6 Å². The molecule has 7 nitrogen and oxygen atoms in total. The van der Waals surface area contributed by atoms with Crippen molar-refractivity contribution in [2.75, 3.05) is 12.0 Å². The van der Waals surface area contributed by atoms with Crippen LogP contribution >= 0.6 is 0 Å². The molecule has 2 aromatic heterocycles. The van der Waals surface area contributed by atoms with Crippen LogP contribution in [0.5, 0.6) is 0 Å². The zero-order valence-corrected chi connectivity index (χ0v) is 12.3. The Morgan fingerprint density at radius 1 is 1.19 bits per heavy atom. The van der Waals surface area contributed by atoms with E-state index in [0.717, 1.165) is 11.8 Å². The average Bonchev–Trinajstić information content (AvgIpc) is 2.76. The van der Waals surface area contributed by atoms with Crippen molar-refractivity contribution in [3.63, 3.8) is 0 Å². The number of nitrogens with two attached hydrogens (primary N) is 1. The maximum Gasteiger partial charge on any atom is 0.248 e. The summed E-state index contributed by atoms with van der Waals surface area (Å²) >= 11 is 0. The average molecular weight is 303 g/mol. The Hall–Kier alpha value is -2.48. The first kappa shape index (κ1) is 13.5. The summed E-state index contributed by atoms with van der Waals surface area (Å²) < 4.78 is 24.6. The lowest BCUT2D eigenvalue weighted by atomic mass is 10.1. The lowest BCUT2D eigenvalue weighted by Crippen LogP contribution is -2.04. The highest BCUT2D eigenvalue weighted by Gasteiger charge is 2.17. The van der Waals surface area contributed by atoms with E-state index >= 15 is 0 Å². The molecule has 0 aliphatic heterocycles. The van der Waals surface area contributed by atoms with Gasteiger partial charge in [-0.05, 0) is 12.1 Å². The maximum atomic E-state index is 11.5. The smallest absolute Gasteiger partial charge is 0.248 e. The number of sulfone groups is 1. The number of benzene rings is 1. The van der Waals surface area contributed by atoms with Gasteiger partial charge in [0.25, 0.3) is 0 Å². The van der Waals surface area contributed by atoms with Gasteiger partial charge in [-0.2, -0.15) is 10.1 Å². The molecule has 0 bridgehead atoms. The Balaban J connectivity index is 2.25. The molecule has 0 saturated carbocycles. The first-order valence-electron chi connectivity index (χ1n) is 6.12. The standard InChI is InChI=1S/C13H13N5O2S/c1-18-12-10(7-15-13(16-12)21(2,19)20)11(17-18)8-3-5-9(14)6-4-8/h3-7H,14H2,1-2H3. The van der Waals surface area contributed by atoms with Gasteiger partial charge in [-0.1, -0.05) is 12.1 Å². The summed E-state index contributed by atoms with van der Waals surface area (Å²) in [5, 5.41) is 4.87. The number of nitrogen functional groups attached to an aromatic ring is 1. The quantitative estimate of drug-likeness (QED) is 0.560. The molecule has 21 heavy (non-hydrogen) atoms. The molecule has 3 rings (SSSR count). The highest BCUT2D eigenvalue weighted by molar-refractivity contribution is 7.90. The molecule has 0 spiro atoms. The molecular formula is C13H13N5O2S.